The van der Waals surface area contributed by atoms with Crippen molar-refractivity contribution >= 4 is 21.9 Å². The predicted molar refractivity (Wildman–Crippen MR) is 157 cm³/mol. The summed E-state index contributed by atoms with van der Waals surface area (Å²) in [5, 5.41) is 16.2. The zero-order valence-electron chi connectivity index (χ0n) is 24.0. The third-order valence-electron chi connectivity index (χ3n) is 8.40. The Morgan fingerprint density at radius 2 is 1.71 bits per heavy atom. The maximum Gasteiger partial charge on any atom is 0.258 e. The van der Waals surface area contributed by atoms with Crippen molar-refractivity contribution in [3.63, 3.8) is 0 Å². The predicted octanol–water partition coefficient (Wildman–Crippen LogP) is 5.92. The number of benzene rings is 1. The van der Waals surface area contributed by atoms with E-state index in [9.17, 15) is 0 Å². The Morgan fingerprint density at radius 3 is 2.44 bits per heavy atom. The van der Waals surface area contributed by atoms with E-state index in [-0.39, 0.29) is 6.04 Å². The van der Waals surface area contributed by atoms with Crippen molar-refractivity contribution in [1.82, 2.24) is 43.9 Å². The van der Waals surface area contributed by atoms with Crippen LogP contribution in [-0.2, 0) is 14.1 Å². The molecule has 8 rings (SSSR count). The number of nitrogens with zero attached hydrogens (tertiary/aromatic N) is 9. The summed E-state index contributed by atoms with van der Waals surface area (Å²) in [6, 6.07) is 8.76. The van der Waals surface area contributed by atoms with Gasteiger partial charge in [-0.25, -0.2) is 14.6 Å². The quantitative estimate of drug-likeness (QED) is 0.246. The number of ether oxygens (including phenoxy) is 1. The Morgan fingerprint density at radius 1 is 0.902 bits per heavy atom. The first-order valence-electron chi connectivity index (χ1n) is 14.4. The minimum Gasteiger partial charge on any atom is -0.478 e. The second kappa shape index (κ2) is 8.76. The molecular formula is C31H33N9O. The van der Waals surface area contributed by atoms with Crippen molar-refractivity contribution in [3.8, 4) is 34.2 Å². The molecule has 1 aromatic carbocycles. The van der Waals surface area contributed by atoms with Gasteiger partial charge in [0.2, 0.25) is 0 Å². The monoisotopic (exact) mass is 547 g/mol. The van der Waals surface area contributed by atoms with Crippen LogP contribution in [0.3, 0.4) is 0 Å². The summed E-state index contributed by atoms with van der Waals surface area (Å²) in [7, 11) is 5.76. The van der Waals surface area contributed by atoms with Crippen LogP contribution in [-0.4, -0.2) is 51.0 Å². The number of fused-ring (bicyclic) bond motifs is 2. The van der Waals surface area contributed by atoms with E-state index in [1.54, 1.807) is 7.11 Å². The van der Waals surface area contributed by atoms with Crippen LogP contribution < -0.4 is 4.74 Å². The van der Waals surface area contributed by atoms with Gasteiger partial charge in [-0.05, 0) is 51.7 Å². The Hall–Kier alpha value is -4.47. The molecule has 2 saturated carbocycles. The number of rotatable bonds is 7. The molecule has 41 heavy (non-hydrogen) atoms. The van der Waals surface area contributed by atoms with Crippen LogP contribution in [0.2, 0.25) is 0 Å². The fourth-order valence-corrected chi connectivity index (χ4v) is 6.01. The van der Waals surface area contributed by atoms with E-state index < -0.39 is 0 Å². The Balaban J connectivity index is 1.31. The summed E-state index contributed by atoms with van der Waals surface area (Å²) in [6.07, 6.45) is 10.8. The molecule has 2 aliphatic rings. The first-order valence-corrected chi connectivity index (χ1v) is 14.4. The normalized spacial score (nSPS) is 15.6. The molecule has 0 bridgehead atoms. The second-order valence-electron chi connectivity index (χ2n) is 11.8. The number of aryl methyl sites for hydroxylation is 1. The number of imidazole rings is 1. The third-order valence-corrected chi connectivity index (χ3v) is 8.40. The zero-order chi connectivity index (χ0) is 28.0. The van der Waals surface area contributed by atoms with E-state index in [2.05, 4.69) is 66.1 Å². The molecule has 2 aliphatic carbocycles. The Kier molecular flexibility index (Phi) is 5.20. The molecule has 208 valence electrons. The van der Waals surface area contributed by atoms with Crippen molar-refractivity contribution in [2.24, 2.45) is 14.1 Å². The molecule has 10 nitrogen and oxygen atoms in total. The third kappa shape index (κ3) is 3.88. The highest BCUT2D eigenvalue weighted by molar-refractivity contribution is 5.95. The van der Waals surface area contributed by atoms with Gasteiger partial charge >= 0.3 is 0 Å². The lowest BCUT2D eigenvalue weighted by Gasteiger charge is -2.10. The molecule has 6 aromatic rings. The van der Waals surface area contributed by atoms with Crippen molar-refractivity contribution < 1.29 is 4.74 Å². The molecule has 0 amide bonds. The van der Waals surface area contributed by atoms with Crippen LogP contribution in [0.1, 0.15) is 68.8 Å². The van der Waals surface area contributed by atoms with Crippen LogP contribution in [0.15, 0.2) is 42.9 Å². The molecule has 5 aromatic heterocycles. The number of methoxy groups -OCH3 is 1. The first kappa shape index (κ1) is 24.3. The highest BCUT2D eigenvalue weighted by atomic mass is 16.5. The summed E-state index contributed by atoms with van der Waals surface area (Å²) < 4.78 is 13.6. The van der Waals surface area contributed by atoms with Crippen LogP contribution in [0, 0.1) is 0 Å². The topological polar surface area (TPSA) is 93.4 Å². The van der Waals surface area contributed by atoms with Gasteiger partial charge in [0.25, 0.3) is 5.88 Å². The van der Waals surface area contributed by atoms with Crippen LogP contribution >= 0.6 is 0 Å². The highest BCUT2D eigenvalue weighted by Crippen LogP contribution is 2.49. The molecular weight excluding hydrogens is 514 g/mol. The van der Waals surface area contributed by atoms with Crippen molar-refractivity contribution in [3.05, 3.63) is 54.2 Å². The van der Waals surface area contributed by atoms with E-state index >= 15 is 0 Å². The highest BCUT2D eigenvalue weighted by Gasteiger charge is 2.35. The average Bonchev–Trinajstić information content (AvgIpc) is 3.81. The van der Waals surface area contributed by atoms with Gasteiger partial charge in [0.15, 0.2) is 5.65 Å². The molecule has 0 radical (unpaired) electrons. The molecule has 0 atom stereocenters. The first-order chi connectivity index (χ1) is 19.9. The number of hydrogen-bond acceptors (Lipinski definition) is 6. The lowest BCUT2D eigenvalue weighted by molar-refractivity contribution is 0.381. The van der Waals surface area contributed by atoms with Gasteiger partial charge in [-0.15, -0.1) is 5.10 Å². The van der Waals surface area contributed by atoms with Crippen LogP contribution in [0.25, 0.3) is 50.3 Å². The van der Waals surface area contributed by atoms with Crippen molar-refractivity contribution in [2.45, 2.75) is 57.4 Å². The van der Waals surface area contributed by atoms with Crippen molar-refractivity contribution in [1.29, 1.82) is 0 Å². The summed E-state index contributed by atoms with van der Waals surface area (Å²) >= 11 is 0. The lowest BCUT2D eigenvalue weighted by Crippen LogP contribution is -2.01. The number of aromatic nitrogens is 9. The fourth-order valence-electron chi connectivity index (χ4n) is 6.01. The van der Waals surface area contributed by atoms with Gasteiger partial charge < -0.3 is 9.30 Å². The summed E-state index contributed by atoms with van der Waals surface area (Å²) in [6.45, 7) is 4.20. The second-order valence-corrected chi connectivity index (χ2v) is 11.8. The van der Waals surface area contributed by atoms with Crippen LogP contribution in [0.4, 0.5) is 0 Å². The van der Waals surface area contributed by atoms with Gasteiger partial charge in [0, 0.05) is 72.0 Å². The Labute approximate surface area is 237 Å². The van der Waals surface area contributed by atoms with Gasteiger partial charge in [0.1, 0.15) is 11.5 Å². The van der Waals surface area contributed by atoms with E-state index in [1.165, 1.54) is 31.4 Å². The smallest absolute Gasteiger partial charge is 0.258 e. The standard InChI is InChI=1S/C31H33N9O/c1-17(2)39-16-25(31(36-39)41-5)40-15-23-21(7-6-8-24(23)34-40)27-28(19-11-12-19)38(4)30(33-27)22-13-20-14-37(3)35-29(20)32-26(22)18-9-10-18/h6-8,13-19H,9-12H2,1-5H3. The SMILES string of the molecule is COc1nn(C(C)C)cc1-n1cc2c(-c3nc(-c4cc5cn(C)nc5nc4C4CC4)n(C)c3C3CC3)cccc2n1. The van der Waals surface area contributed by atoms with Crippen molar-refractivity contribution in [2.75, 3.05) is 7.11 Å². The largest absolute Gasteiger partial charge is 0.478 e. The summed E-state index contributed by atoms with van der Waals surface area (Å²) in [5.41, 5.74) is 8.20. The molecule has 0 unspecified atom stereocenters. The van der Waals surface area contributed by atoms with E-state index in [4.69, 9.17) is 19.8 Å². The summed E-state index contributed by atoms with van der Waals surface area (Å²) in [5.74, 6) is 2.51. The van der Waals surface area contributed by atoms with E-state index in [0.29, 0.717) is 17.7 Å². The van der Waals surface area contributed by atoms with Gasteiger partial charge in [-0.2, -0.15) is 10.2 Å². The van der Waals surface area contributed by atoms with Gasteiger partial charge in [-0.1, -0.05) is 12.1 Å². The molecule has 10 heteroatoms. The molecule has 0 spiro atoms. The molecule has 5 heterocycles. The van der Waals surface area contributed by atoms with E-state index in [0.717, 1.165) is 56.0 Å². The maximum atomic E-state index is 5.62. The molecule has 2 fully saturated rings. The lowest BCUT2D eigenvalue weighted by atomic mass is 10.0. The minimum absolute atomic E-state index is 0.215. The molecule has 0 aliphatic heterocycles. The van der Waals surface area contributed by atoms with Gasteiger partial charge in [0.05, 0.1) is 30.2 Å². The fraction of sp³-hybridized carbons (Fsp3) is 0.387. The Bertz CT molecular complexity index is 1960. The average molecular weight is 548 g/mol. The minimum atomic E-state index is 0.215. The van der Waals surface area contributed by atoms with E-state index in [1.807, 2.05) is 33.5 Å². The summed E-state index contributed by atoms with van der Waals surface area (Å²) in [4.78, 5) is 10.5. The zero-order valence-corrected chi connectivity index (χ0v) is 24.0. The maximum absolute atomic E-state index is 5.62. The molecule has 0 saturated heterocycles. The van der Waals surface area contributed by atoms with Gasteiger partial charge in [-0.3, -0.25) is 9.36 Å². The number of pyridine rings is 1. The molecule has 0 N–H and O–H groups in total. The van der Waals surface area contributed by atoms with Crippen LogP contribution in [0.5, 0.6) is 5.88 Å². The number of hydrogen-bond donors (Lipinski definition) is 0.